The maximum atomic E-state index is 12.7. The first kappa shape index (κ1) is 21.2. The Balaban J connectivity index is 1.69. The summed E-state index contributed by atoms with van der Waals surface area (Å²) in [6.07, 6.45) is -0.304. The van der Waals surface area contributed by atoms with Crippen LogP contribution in [0.25, 0.3) is 5.82 Å². The molecule has 2 aromatic rings. The molecule has 12 heteroatoms. The molecule has 158 valence electrons. The highest BCUT2D eigenvalue weighted by molar-refractivity contribution is 7.88. The van der Waals surface area contributed by atoms with Gasteiger partial charge in [0.2, 0.25) is 10.0 Å². The molecule has 1 amide bonds. The SMILES string of the molecule is Cc1c(C(=O)NC2CCN(S(C)(=O)=O)CC2)cnn1-c1ccc(C(F)(F)F)cn1. The van der Waals surface area contributed by atoms with Crippen molar-refractivity contribution in [3.8, 4) is 5.82 Å². The zero-order valence-electron chi connectivity index (χ0n) is 15.8. The Bertz CT molecular complexity index is 994. The second-order valence-corrected chi connectivity index (χ2v) is 8.85. The van der Waals surface area contributed by atoms with Crippen molar-refractivity contribution in [1.29, 1.82) is 0 Å². The molecule has 1 aliphatic heterocycles. The molecule has 2 aromatic heterocycles. The average Bonchev–Trinajstić information content (AvgIpc) is 3.02. The number of carbonyl (C=O) groups excluding carboxylic acids is 1. The lowest BCUT2D eigenvalue weighted by Gasteiger charge is -2.30. The van der Waals surface area contributed by atoms with Gasteiger partial charge in [0.25, 0.3) is 5.91 Å². The minimum absolute atomic E-state index is 0.163. The average molecular weight is 431 g/mol. The van der Waals surface area contributed by atoms with Gasteiger partial charge >= 0.3 is 6.18 Å². The summed E-state index contributed by atoms with van der Waals surface area (Å²) >= 11 is 0. The van der Waals surface area contributed by atoms with Crippen molar-refractivity contribution in [2.75, 3.05) is 19.3 Å². The molecular formula is C17H20F3N5O3S. The topological polar surface area (TPSA) is 97.2 Å². The van der Waals surface area contributed by atoms with Crippen molar-refractivity contribution in [3.63, 3.8) is 0 Å². The molecule has 0 radical (unpaired) electrons. The summed E-state index contributed by atoms with van der Waals surface area (Å²) in [5.74, 6) is -0.213. The van der Waals surface area contributed by atoms with E-state index in [9.17, 15) is 26.4 Å². The van der Waals surface area contributed by atoms with Crippen LogP contribution in [0.4, 0.5) is 13.2 Å². The highest BCUT2D eigenvalue weighted by atomic mass is 32.2. The van der Waals surface area contributed by atoms with E-state index in [1.54, 1.807) is 6.92 Å². The molecule has 1 aliphatic rings. The lowest BCUT2D eigenvalue weighted by atomic mass is 10.1. The van der Waals surface area contributed by atoms with Crippen molar-refractivity contribution in [3.05, 3.63) is 41.3 Å². The lowest BCUT2D eigenvalue weighted by Crippen LogP contribution is -2.46. The van der Waals surface area contributed by atoms with Crippen LogP contribution in [0.15, 0.2) is 24.5 Å². The Labute approximate surface area is 165 Å². The number of nitrogens with one attached hydrogen (secondary N) is 1. The van der Waals surface area contributed by atoms with Crippen LogP contribution in [-0.4, -0.2) is 58.8 Å². The molecule has 0 aliphatic carbocycles. The van der Waals surface area contributed by atoms with Gasteiger partial charge in [0, 0.05) is 25.3 Å². The largest absolute Gasteiger partial charge is 0.417 e. The summed E-state index contributed by atoms with van der Waals surface area (Å²) in [6.45, 7) is 2.28. The van der Waals surface area contributed by atoms with Crippen molar-refractivity contribution < 1.29 is 26.4 Å². The summed E-state index contributed by atoms with van der Waals surface area (Å²) in [7, 11) is -3.25. The number of hydrogen-bond donors (Lipinski definition) is 1. The van der Waals surface area contributed by atoms with Gasteiger partial charge in [-0.25, -0.2) is 22.4 Å². The lowest BCUT2D eigenvalue weighted by molar-refractivity contribution is -0.137. The van der Waals surface area contributed by atoms with Crippen molar-refractivity contribution in [2.24, 2.45) is 0 Å². The first-order chi connectivity index (χ1) is 13.5. The molecule has 0 bridgehead atoms. The number of nitrogens with zero attached hydrogens (tertiary/aromatic N) is 4. The van der Waals surface area contributed by atoms with Crippen LogP contribution in [-0.2, 0) is 16.2 Å². The van der Waals surface area contributed by atoms with Gasteiger partial charge in [-0.15, -0.1) is 0 Å². The van der Waals surface area contributed by atoms with Gasteiger partial charge in [0.15, 0.2) is 5.82 Å². The smallest absolute Gasteiger partial charge is 0.349 e. The van der Waals surface area contributed by atoms with Crippen molar-refractivity contribution >= 4 is 15.9 Å². The molecule has 0 spiro atoms. The molecule has 0 atom stereocenters. The molecule has 3 rings (SSSR count). The zero-order chi connectivity index (χ0) is 21.4. The van der Waals surface area contributed by atoms with Crippen LogP contribution in [0.5, 0.6) is 0 Å². The molecule has 1 fully saturated rings. The minimum atomic E-state index is -4.48. The van der Waals surface area contributed by atoms with Gasteiger partial charge < -0.3 is 5.32 Å². The van der Waals surface area contributed by atoms with Crippen LogP contribution in [0.1, 0.15) is 34.5 Å². The van der Waals surface area contributed by atoms with E-state index in [2.05, 4.69) is 15.4 Å². The Morgan fingerprint density at radius 2 is 1.86 bits per heavy atom. The maximum absolute atomic E-state index is 12.7. The Hall–Kier alpha value is -2.47. The number of alkyl halides is 3. The van der Waals surface area contributed by atoms with Crippen LogP contribution in [0, 0.1) is 6.92 Å². The quantitative estimate of drug-likeness (QED) is 0.796. The monoisotopic (exact) mass is 431 g/mol. The number of hydrogen-bond acceptors (Lipinski definition) is 5. The fourth-order valence-electron chi connectivity index (χ4n) is 3.14. The van der Waals surface area contributed by atoms with Gasteiger partial charge in [-0.1, -0.05) is 0 Å². The van der Waals surface area contributed by atoms with Gasteiger partial charge in [-0.05, 0) is 31.9 Å². The van der Waals surface area contributed by atoms with Crippen LogP contribution in [0.2, 0.25) is 0 Å². The predicted octanol–water partition coefficient (Wildman–Crippen LogP) is 1.75. The molecule has 0 unspecified atom stereocenters. The highest BCUT2D eigenvalue weighted by Crippen LogP contribution is 2.28. The highest BCUT2D eigenvalue weighted by Gasteiger charge is 2.31. The third-order valence-electron chi connectivity index (χ3n) is 4.80. The van der Waals surface area contributed by atoms with Crippen molar-refractivity contribution in [1.82, 2.24) is 24.4 Å². The van der Waals surface area contributed by atoms with E-state index in [4.69, 9.17) is 0 Å². The van der Waals surface area contributed by atoms with Crippen LogP contribution < -0.4 is 5.32 Å². The molecule has 8 nitrogen and oxygen atoms in total. The number of sulfonamides is 1. The third kappa shape index (κ3) is 4.75. The first-order valence-electron chi connectivity index (χ1n) is 8.81. The van der Waals surface area contributed by atoms with Crippen LogP contribution >= 0.6 is 0 Å². The number of halogens is 3. The van der Waals surface area contributed by atoms with Gasteiger partial charge in [-0.3, -0.25) is 4.79 Å². The van der Waals surface area contributed by atoms with E-state index in [1.807, 2.05) is 0 Å². The second kappa shape index (κ2) is 7.75. The molecule has 3 heterocycles. The molecule has 1 saturated heterocycles. The molecule has 1 N–H and O–H groups in total. The number of aromatic nitrogens is 3. The second-order valence-electron chi connectivity index (χ2n) is 6.87. The fourth-order valence-corrected chi connectivity index (χ4v) is 4.01. The minimum Gasteiger partial charge on any atom is -0.349 e. The maximum Gasteiger partial charge on any atom is 0.417 e. The summed E-state index contributed by atoms with van der Waals surface area (Å²) in [5.41, 5.74) is -0.162. The van der Waals surface area contributed by atoms with E-state index in [0.29, 0.717) is 37.8 Å². The van der Waals surface area contributed by atoms with Crippen molar-refractivity contribution in [2.45, 2.75) is 32.0 Å². The van der Waals surface area contributed by atoms with Gasteiger partial charge in [-0.2, -0.15) is 18.3 Å². The van der Waals surface area contributed by atoms with E-state index < -0.39 is 21.8 Å². The van der Waals surface area contributed by atoms with E-state index in [0.717, 1.165) is 12.3 Å². The van der Waals surface area contributed by atoms with Crippen LogP contribution in [0.3, 0.4) is 0 Å². The summed E-state index contributed by atoms with van der Waals surface area (Å²) in [5, 5.41) is 6.92. The molecule has 29 heavy (non-hydrogen) atoms. The first-order valence-corrected chi connectivity index (χ1v) is 10.7. The van der Waals surface area contributed by atoms with Gasteiger partial charge in [0.05, 0.1) is 29.3 Å². The number of amides is 1. The number of carbonyl (C=O) groups is 1. The third-order valence-corrected chi connectivity index (χ3v) is 6.11. The van der Waals surface area contributed by atoms with E-state index in [1.165, 1.54) is 21.3 Å². The summed E-state index contributed by atoms with van der Waals surface area (Å²) < 4.78 is 63.8. The number of pyridine rings is 1. The normalized spacial score (nSPS) is 16.7. The van der Waals surface area contributed by atoms with E-state index in [-0.39, 0.29) is 23.3 Å². The fraction of sp³-hybridized carbons (Fsp3) is 0.471. The number of rotatable bonds is 4. The number of piperidine rings is 1. The zero-order valence-corrected chi connectivity index (χ0v) is 16.6. The molecule has 0 saturated carbocycles. The molecular weight excluding hydrogens is 411 g/mol. The Morgan fingerprint density at radius 3 is 2.38 bits per heavy atom. The predicted molar refractivity (Wildman–Crippen MR) is 98.0 cm³/mol. The van der Waals surface area contributed by atoms with E-state index >= 15 is 0 Å². The standard InChI is InChI=1S/C17H20F3N5O3S/c1-11-14(16(26)23-13-5-7-24(8-6-13)29(2,27)28)10-22-25(11)15-4-3-12(9-21-15)17(18,19)20/h3-4,9-10,13H,5-8H2,1-2H3,(H,23,26). The Morgan fingerprint density at radius 1 is 1.21 bits per heavy atom. The van der Waals surface area contributed by atoms with Gasteiger partial charge in [0.1, 0.15) is 0 Å². The summed E-state index contributed by atoms with van der Waals surface area (Å²) in [4.78, 5) is 16.4. The Kier molecular flexibility index (Phi) is 5.68. The summed E-state index contributed by atoms with van der Waals surface area (Å²) in [6, 6.07) is 1.91. The molecule has 0 aromatic carbocycles.